The van der Waals surface area contributed by atoms with E-state index in [2.05, 4.69) is 15.9 Å². The molecule has 0 N–H and O–H groups in total. The monoisotopic (exact) mass is 371 g/mol. The Morgan fingerprint density at radius 1 is 1.40 bits per heavy atom. The molecule has 0 spiro atoms. The fourth-order valence-corrected chi connectivity index (χ4v) is 2.30. The smallest absolute Gasteiger partial charge is 0.335 e. The standard InChI is InChI=1S/C13H14BrClF3NO/c1-8(2)19(6-5-15)12(20)10-7-9(13(16,17)18)3-4-11(10)14/h3-4,7-8H,5-6H2,1-2H3. The van der Waals surface area contributed by atoms with E-state index in [0.717, 1.165) is 12.1 Å². The highest BCUT2D eigenvalue weighted by Gasteiger charge is 2.32. The molecule has 1 rings (SSSR count). The van der Waals surface area contributed by atoms with Crippen LogP contribution >= 0.6 is 27.5 Å². The van der Waals surface area contributed by atoms with E-state index in [1.54, 1.807) is 13.8 Å². The highest BCUT2D eigenvalue weighted by atomic mass is 79.9. The second-order valence-electron chi connectivity index (χ2n) is 4.47. The third-order valence-corrected chi connectivity index (χ3v) is 3.59. The lowest BCUT2D eigenvalue weighted by atomic mass is 10.1. The molecule has 0 radical (unpaired) electrons. The van der Waals surface area contributed by atoms with Crippen molar-refractivity contribution >= 4 is 33.4 Å². The molecule has 0 saturated carbocycles. The Balaban J connectivity index is 3.20. The Morgan fingerprint density at radius 3 is 2.45 bits per heavy atom. The Labute approximate surface area is 129 Å². The number of benzene rings is 1. The molecular weight excluding hydrogens is 358 g/mol. The van der Waals surface area contributed by atoms with Crippen molar-refractivity contribution in [3.05, 3.63) is 33.8 Å². The maximum Gasteiger partial charge on any atom is 0.416 e. The minimum atomic E-state index is -4.48. The third kappa shape index (κ3) is 4.12. The molecule has 2 nitrogen and oxygen atoms in total. The molecule has 0 aliphatic rings. The quantitative estimate of drug-likeness (QED) is 0.710. The summed E-state index contributed by atoms with van der Waals surface area (Å²) < 4.78 is 38.5. The summed E-state index contributed by atoms with van der Waals surface area (Å²) in [6, 6.07) is 2.87. The van der Waals surface area contributed by atoms with Gasteiger partial charge in [-0.15, -0.1) is 11.6 Å². The van der Waals surface area contributed by atoms with Gasteiger partial charge in [-0.1, -0.05) is 0 Å². The van der Waals surface area contributed by atoms with Gasteiger partial charge in [-0.05, 0) is 48.0 Å². The number of alkyl halides is 4. The maximum absolute atomic E-state index is 12.7. The van der Waals surface area contributed by atoms with Gasteiger partial charge in [0.05, 0.1) is 11.1 Å². The molecule has 1 amide bonds. The van der Waals surface area contributed by atoms with Crippen molar-refractivity contribution in [1.29, 1.82) is 0 Å². The van der Waals surface area contributed by atoms with Crippen LogP contribution in [0, 0.1) is 0 Å². The highest BCUT2D eigenvalue weighted by Crippen LogP contribution is 2.32. The summed E-state index contributed by atoms with van der Waals surface area (Å²) >= 11 is 8.75. The molecule has 0 aromatic heterocycles. The number of carbonyl (C=O) groups excluding carboxylic acids is 1. The minimum absolute atomic E-state index is 0.0151. The van der Waals surface area contributed by atoms with Gasteiger partial charge in [0, 0.05) is 22.9 Å². The van der Waals surface area contributed by atoms with Crippen LogP contribution in [0.3, 0.4) is 0 Å². The summed E-state index contributed by atoms with van der Waals surface area (Å²) in [5, 5.41) is 0. The first-order valence-electron chi connectivity index (χ1n) is 5.92. The van der Waals surface area contributed by atoms with E-state index < -0.39 is 17.6 Å². The zero-order valence-corrected chi connectivity index (χ0v) is 13.3. The van der Waals surface area contributed by atoms with Crippen LogP contribution in [0.15, 0.2) is 22.7 Å². The number of rotatable bonds is 4. The molecule has 1 aromatic rings. The molecule has 0 saturated heterocycles. The van der Waals surface area contributed by atoms with Crippen LogP contribution in [-0.2, 0) is 6.18 Å². The zero-order chi connectivity index (χ0) is 15.5. The van der Waals surface area contributed by atoms with Crippen molar-refractivity contribution in [2.45, 2.75) is 26.1 Å². The number of amides is 1. The number of carbonyl (C=O) groups is 1. The summed E-state index contributed by atoms with van der Waals surface area (Å²) in [6.45, 7) is 3.85. The van der Waals surface area contributed by atoms with Crippen molar-refractivity contribution < 1.29 is 18.0 Å². The summed E-state index contributed by atoms with van der Waals surface area (Å²) in [5.74, 6) is -0.251. The van der Waals surface area contributed by atoms with Crippen molar-refractivity contribution in [1.82, 2.24) is 4.90 Å². The van der Waals surface area contributed by atoms with Gasteiger partial charge < -0.3 is 4.90 Å². The average molecular weight is 373 g/mol. The summed E-state index contributed by atoms with van der Waals surface area (Å²) in [6.07, 6.45) is -4.48. The van der Waals surface area contributed by atoms with E-state index in [4.69, 9.17) is 11.6 Å². The summed E-state index contributed by atoms with van der Waals surface area (Å²) in [4.78, 5) is 13.8. The fraction of sp³-hybridized carbons (Fsp3) is 0.462. The maximum atomic E-state index is 12.7. The van der Waals surface area contributed by atoms with E-state index in [0.29, 0.717) is 4.47 Å². The van der Waals surface area contributed by atoms with E-state index in [1.807, 2.05) is 0 Å². The topological polar surface area (TPSA) is 20.3 Å². The Hall–Kier alpha value is -0.750. The molecule has 1 aromatic carbocycles. The van der Waals surface area contributed by atoms with Crippen LogP contribution < -0.4 is 0 Å². The highest BCUT2D eigenvalue weighted by molar-refractivity contribution is 9.10. The minimum Gasteiger partial charge on any atom is -0.335 e. The molecule has 20 heavy (non-hydrogen) atoms. The molecule has 112 valence electrons. The van der Waals surface area contributed by atoms with E-state index in [1.165, 1.54) is 11.0 Å². The second kappa shape index (κ2) is 6.80. The molecule has 0 aliphatic carbocycles. The van der Waals surface area contributed by atoms with E-state index >= 15 is 0 Å². The molecule has 0 fully saturated rings. The van der Waals surface area contributed by atoms with Crippen molar-refractivity contribution in [3.63, 3.8) is 0 Å². The lowest BCUT2D eigenvalue weighted by Gasteiger charge is -2.26. The predicted molar refractivity (Wildman–Crippen MR) is 76.0 cm³/mol. The fourth-order valence-electron chi connectivity index (χ4n) is 1.71. The van der Waals surface area contributed by atoms with E-state index in [9.17, 15) is 18.0 Å². The second-order valence-corrected chi connectivity index (χ2v) is 5.71. The molecule has 0 aliphatic heterocycles. The molecule has 0 heterocycles. The predicted octanol–water partition coefficient (Wildman–Crippen LogP) is 4.56. The molecular formula is C13H14BrClF3NO. The van der Waals surface area contributed by atoms with Crippen LogP contribution in [-0.4, -0.2) is 29.3 Å². The Bertz CT molecular complexity index is 491. The zero-order valence-electron chi connectivity index (χ0n) is 11.0. The van der Waals surface area contributed by atoms with Crippen molar-refractivity contribution in [3.8, 4) is 0 Å². The van der Waals surface area contributed by atoms with Crippen molar-refractivity contribution in [2.75, 3.05) is 12.4 Å². The van der Waals surface area contributed by atoms with E-state index in [-0.39, 0.29) is 24.0 Å². The molecule has 0 unspecified atom stereocenters. The lowest BCUT2D eigenvalue weighted by Crippen LogP contribution is -2.38. The number of halogens is 5. The van der Waals surface area contributed by atoms with Gasteiger partial charge in [-0.2, -0.15) is 13.2 Å². The van der Waals surface area contributed by atoms with Crippen molar-refractivity contribution in [2.24, 2.45) is 0 Å². The Kier molecular flexibility index (Phi) is 5.89. The molecule has 0 bridgehead atoms. The van der Waals surface area contributed by atoms with Crippen LogP contribution in [0.5, 0.6) is 0 Å². The SMILES string of the molecule is CC(C)N(CCCl)C(=O)c1cc(C(F)(F)F)ccc1Br. The lowest BCUT2D eigenvalue weighted by molar-refractivity contribution is -0.137. The first-order valence-corrected chi connectivity index (χ1v) is 7.25. The number of nitrogens with zero attached hydrogens (tertiary/aromatic N) is 1. The third-order valence-electron chi connectivity index (χ3n) is 2.73. The van der Waals surface area contributed by atoms with Crippen LogP contribution in [0.2, 0.25) is 0 Å². The van der Waals surface area contributed by atoms with Gasteiger partial charge in [0.15, 0.2) is 0 Å². The average Bonchev–Trinajstić information content (AvgIpc) is 2.34. The van der Waals surface area contributed by atoms with Gasteiger partial charge in [0.1, 0.15) is 0 Å². The van der Waals surface area contributed by atoms with Gasteiger partial charge in [0.2, 0.25) is 0 Å². The first kappa shape index (κ1) is 17.3. The summed E-state index contributed by atoms with van der Waals surface area (Å²) in [7, 11) is 0. The van der Waals surface area contributed by atoms with Gasteiger partial charge >= 0.3 is 6.18 Å². The number of hydrogen-bond donors (Lipinski definition) is 0. The van der Waals surface area contributed by atoms with Crippen LogP contribution in [0.4, 0.5) is 13.2 Å². The first-order chi connectivity index (χ1) is 9.18. The van der Waals surface area contributed by atoms with Crippen LogP contribution in [0.1, 0.15) is 29.8 Å². The number of hydrogen-bond acceptors (Lipinski definition) is 1. The van der Waals surface area contributed by atoms with Gasteiger partial charge in [-0.25, -0.2) is 0 Å². The Morgan fingerprint density at radius 2 is 2.00 bits per heavy atom. The molecule has 7 heteroatoms. The van der Waals surface area contributed by atoms with Crippen LogP contribution in [0.25, 0.3) is 0 Å². The summed E-state index contributed by atoms with van der Waals surface area (Å²) in [5.41, 5.74) is -0.864. The normalized spacial score (nSPS) is 11.8. The van der Waals surface area contributed by atoms with Gasteiger partial charge in [-0.3, -0.25) is 4.79 Å². The van der Waals surface area contributed by atoms with Gasteiger partial charge in [0.25, 0.3) is 5.91 Å². The largest absolute Gasteiger partial charge is 0.416 e. The molecule has 0 atom stereocenters.